The highest BCUT2D eigenvalue weighted by Gasteiger charge is 2.34. The van der Waals surface area contributed by atoms with Crippen LogP contribution in [0.25, 0.3) is 0 Å². The predicted molar refractivity (Wildman–Crippen MR) is 83.8 cm³/mol. The standard InChI is InChI=1S/C17H27N3/c1-13-7-6-8-14-16(20-9-4-3-5-10-20)12-19(2)15(11-18)17(13)14/h6-8,15-16H,3-5,9-12,18H2,1-2H3. The van der Waals surface area contributed by atoms with Gasteiger partial charge in [-0.25, -0.2) is 0 Å². The monoisotopic (exact) mass is 273 g/mol. The molecule has 0 radical (unpaired) electrons. The number of rotatable bonds is 2. The van der Waals surface area contributed by atoms with Gasteiger partial charge >= 0.3 is 0 Å². The van der Waals surface area contributed by atoms with Crippen LogP contribution in [0.2, 0.25) is 0 Å². The minimum atomic E-state index is 0.382. The van der Waals surface area contributed by atoms with Gasteiger partial charge in [-0.3, -0.25) is 9.80 Å². The van der Waals surface area contributed by atoms with Crippen molar-refractivity contribution in [3.8, 4) is 0 Å². The van der Waals surface area contributed by atoms with Gasteiger partial charge in [0.05, 0.1) is 0 Å². The lowest BCUT2D eigenvalue weighted by Gasteiger charge is -2.45. The SMILES string of the molecule is Cc1cccc2c1C(CN)N(C)CC2N1CCCCC1. The number of fused-ring (bicyclic) bond motifs is 1. The number of aryl methyl sites for hydroxylation is 1. The summed E-state index contributed by atoms with van der Waals surface area (Å²) in [5, 5.41) is 0. The molecular weight excluding hydrogens is 246 g/mol. The lowest BCUT2D eigenvalue weighted by Crippen LogP contribution is -2.46. The number of nitrogens with two attached hydrogens (primary N) is 1. The van der Waals surface area contributed by atoms with Crippen molar-refractivity contribution in [1.82, 2.24) is 9.80 Å². The van der Waals surface area contributed by atoms with Gasteiger partial charge in [-0.2, -0.15) is 0 Å². The number of benzene rings is 1. The molecule has 0 saturated carbocycles. The summed E-state index contributed by atoms with van der Waals surface area (Å²) in [6.07, 6.45) is 4.09. The van der Waals surface area contributed by atoms with E-state index < -0.39 is 0 Å². The summed E-state index contributed by atoms with van der Waals surface area (Å²) in [6, 6.07) is 7.71. The van der Waals surface area contributed by atoms with Crippen LogP contribution in [0.1, 0.15) is 48.0 Å². The highest BCUT2D eigenvalue weighted by molar-refractivity contribution is 5.41. The third kappa shape index (κ3) is 2.39. The third-order valence-electron chi connectivity index (χ3n) is 5.10. The fourth-order valence-corrected chi connectivity index (χ4v) is 4.01. The Morgan fingerprint density at radius 2 is 1.95 bits per heavy atom. The van der Waals surface area contributed by atoms with Gasteiger partial charge in [0.2, 0.25) is 0 Å². The van der Waals surface area contributed by atoms with E-state index in [-0.39, 0.29) is 0 Å². The first-order chi connectivity index (χ1) is 9.72. The summed E-state index contributed by atoms with van der Waals surface area (Å²) in [5.74, 6) is 0. The number of hydrogen-bond acceptors (Lipinski definition) is 3. The zero-order valence-corrected chi connectivity index (χ0v) is 12.8. The summed E-state index contributed by atoms with van der Waals surface area (Å²) in [7, 11) is 2.23. The molecule has 0 bridgehead atoms. The first kappa shape index (κ1) is 14.1. The van der Waals surface area contributed by atoms with Gasteiger partial charge in [0.25, 0.3) is 0 Å². The molecule has 3 rings (SSSR count). The first-order valence-corrected chi connectivity index (χ1v) is 7.96. The summed E-state index contributed by atoms with van der Waals surface area (Å²) in [5.41, 5.74) is 10.5. The fraction of sp³-hybridized carbons (Fsp3) is 0.647. The molecule has 2 atom stereocenters. The van der Waals surface area contributed by atoms with Gasteiger partial charge in [0.1, 0.15) is 0 Å². The molecule has 0 spiro atoms. The Labute approximate surface area is 122 Å². The number of piperidine rings is 1. The smallest absolute Gasteiger partial charge is 0.0478 e. The van der Waals surface area contributed by atoms with E-state index >= 15 is 0 Å². The lowest BCUT2D eigenvalue weighted by atomic mass is 9.85. The van der Waals surface area contributed by atoms with Gasteiger partial charge < -0.3 is 5.73 Å². The van der Waals surface area contributed by atoms with E-state index in [2.05, 4.69) is 42.0 Å². The Kier molecular flexibility index (Phi) is 4.11. The number of likely N-dealkylation sites (N-methyl/N-ethyl adjacent to an activating group) is 1. The van der Waals surface area contributed by atoms with E-state index in [0.717, 1.165) is 6.54 Å². The minimum Gasteiger partial charge on any atom is -0.329 e. The molecule has 2 unspecified atom stereocenters. The van der Waals surface area contributed by atoms with Crippen LogP contribution >= 0.6 is 0 Å². The van der Waals surface area contributed by atoms with E-state index in [1.807, 2.05) is 0 Å². The molecule has 110 valence electrons. The topological polar surface area (TPSA) is 32.5 Å². The Morgan fingerprint density at radius 3 is 2.65 bits per heavy atom. The molecule has 20 heavy (non-hydrogen) atoms. The number of nitrogens with zero attached hydrogens (tertiary/aromatic N) is 2. The molecule has 1 fully saturated rings. The van der Waals surface area contributed by atoms with E-state index in [0.29, 0.717) is 18.6 Å². The molecule has 1 aromatic rings. The van der Waals surface area contributed by atoms with E-state index in [1.165, 1.54) is 49.0 Å². The first-order valence-electron chi connectivity index (χ1n) is 7.96. The zero-order valence-electron chi connectivity index (χ0n) is 12.8. The maximum atomic E-state index is 6.05. The summed E-state index contributed by atoms with van der Waals surface area (Å²) >= 11 is 0. The van der Waals surface area contributed by atoms with Gasteiger partial charge in [0.15, 0.2) is 0 Å². The predicted octanol–water partition coefficient (Wildman–Crippen LogP) is 2.47. The van der Waals surface area contributed by atoms with Gasteiger partial charge in [-0.15, -0.1) is 0 Å². The third-order valence-corrected chi connectivity index (χ3v) is 5.10. The Bertz CT molecular complexity index is 465. The van der Waals surface area contributed by atoms with Crippen molar-refractivity contribution in [2.24, 2.45) is 5.73 Å². The van der Waals surface area contributed by atoms with Crippen LogP contribution in [0.3, 0.4) is 0 Å². The van der Waals surface area contributed by atoms with Crippen LogP contribution in [-0.4, -0.2) is 43.0 Å². The molecule has 1 aromatic carbocycles. The van der Waals surface area contributed by atoms with E-state index in [1.54, 1.807) is 0 Å². The van der Waals surface area contributed by atoms with Crippen LogP contribution in [0, 0.1) is 6.92 Å². The van der Waals surface area contributed by atoms with Crippen molar-refractivity contribution in [2.45, 2.75) is 38.3 Å². The van der Waals surface area contributed by atoms with E-state index in [4.69, 9.17) is 5.73 Å². The molecular formula is C17H27N3. The van der Waals surface area contributed by atoms with Crippen molar-refractivity contribution in [3.63, 3.8) is 0 Å². The van der Waals surface area contributed by atoms with E-state index in [9.17, 15) is 0 Å². The number of hydrogen-bond donors (Lipinski definition) is 1. The van der Waals surface area contributed by atoms with Crippen LogP contribution in [-0.2, 0) is 0 Å². The van der Waals surface area contributed by atoms with Crippen molar-refractivity contribution in [1.29, 1.82) is 0 Å². The quantitative estimate of drug-likeness (QED) is 0.898. The molecule has 3 heteroatoms. The highest BCUT2D eigenvalue weighted by Crippen LogP contribution is 2.39. The van der Waals surface area contributed by atoms with Gasteiger partial charge in [-0.1, -0.05) is 24.6 Å². The van der Waals surface area contributed by atoms with Gasteiger partial charge in [0, 0.05) is 25.2 Å². The molecule has 0 amide bonds. The Balaban J connectivity index is 1.99. The van der Waals surface area contributed by atoms with Crippen molar-refractivity contribution in [2.75, 3.05) is 33.2 Å². The molecule has 2 aliphatic heterocycles. The minimum absolute atomic E-state index is 0.382. The average Bonchev–Trinajstić information content (AvgIpc) is 2.48. The zero-order chi connectivity index (χ0) is 14.1. The molecule has 1 saturated heterocycles. The summed E-state index contributed by atoms with van der Waals surface area (Å²) < 4.78 is 0. The van der Waals surface area contributed by atoms with Crippen LogP contribution < -0.4 is 5.73 Å². The van der Waals surface area contributed by atoms with Crippen molar-refractivity contribution in [3.05, 3.63) is 34.9 Å². The summed E-state index contributed by atoms with van der Waals surface area (Å²) in [6.45, 7) is 6.55. The fourth-order valence-electron chi connectivity index (χ4n) is 4.01. The molecule has 0 aromatic heterocycles. The second-order valence-electron chi connectivity index (χ2n) is 6.38. The maximum Gasteiger partial charge on any atom is 0.0478 e. The molecule has 0 aliphatic carbocycles. The van der Waals surface area contributed by atoms with Crippen LogP contribution in [0.4, 0.5) is 0 Å². The molecule has 2 aliphatic rings. The van der Waals surface area contributed by atoms with Crippen molar-refractivity contribution >= 4 is 0 Å². The lowest BCUT2D eigenvalue weighted by molar-refractivity contribution is 0.0952. The van der Waals surface area contributed by atoms with Gasteiger partial charge in [-0.05, 0) is 56.6 Å². The number of likely N-dealkylation sites (tertiary alicyclic amines) is 1. The van der Waals surface area contributed by atoms with Crippen molar-refractivity contribution < 1.29 is 0 Å². The Hall–Kier alpha value is -0.900. The maximum absolute atomic E-state index is 6.05. The molecule has 3 nitrogen and oxygen atoms in total. The van der Waals surface area contributed by atoms with Crippen LogP contribution in [0.5, 0.6) is 0 Å². The largest absolute Gasteiger partial charge is 0.329 e. The highest BCUT2D eigenvalue weighted by atomic mass is 15.2. The normalized spacial score (nSPS) is 28.4. The Morgan fingerprint density at radius 1 is 1.20 bits per heavy atom. The average molecular weight is 273 g/mol. The molecule has 2 N–H and O–H groups in total. The summed E-state index contributed by atoms with van der Waals surface area (Å²) in [4.78, 5) is 5.14. The second-order valence-corrected chi connectivity index (χ2v) is 6.38. The van der Waals surface area contributed by atoms with Crippen LogP contribution in [0.15, 0.2) is 18.2 Å². The second kappa shape index (κ2) is 5.84. The molecule has 2 heterocycles.